The van der Waals surface area contributed by atoms with E-state index in [1.165, 1.54) is 5.69 Å². The second-order valence-electron chi connectivity index (χ2n) is 9.79. The lowest BCUT2D eigenvalue weighted by molar-refractivity contribution is 0.200. The van der Waals surface area contributed by atoms with E-state index < -0.39 is 6.04 Å². The first-order valence-electron chi connectivity index (χ1n) is 13.3. The van der Waals surface area contributed by atoms with Crippen LogP contribution in [0.1, 0.15) is 23.0 Å². The second-order valence-corrected chi connectivity index (χ2v) is 9.79. The Labute approximate surface area is 231 Å². The molecule has 10 nitrogen and oxygen atoms in total. The summed E-state index contributed by atoms with van der Waals surface area (Å²) in [5.41, 5.74) is 3.33. The van der Waals surface area contributed by atoms with Gasteiger partial charge < -0.3 is 19.4 Å². The van der Waals surface area contributed by atoms with Crippen molar-refractivity contribution in [2.24, 2.45) is 0 Å². The number of benzene rings is 3. The van der Waals surface area contributed by atoms with E-state index in [1.807, 2.05) is 48.5 Å². The summed E-state index contributed by atoms with van der Waals surface area (Å²) in [6, 6.07) is 25.6. The summed E-state index contributed by atoms with van der Waals surface area (Å²) >= 11 is 0. The molecule has 0 radical (unpaired) electrons. The van der Waals surface area contributed by atoms with Crippen LogP contribution in [0.5, 0.6) is 11.5 Å². The number of anilines is 1. The van der Waals surface area contributed by atoms with Gasteiger partial charge >= 0.3 is 0 Å². The summed E-state index contributed by atoms with van der Waals surface area (Å²) in [4.78, 5) is 21.4. The van der Waals surface area contributed by atoms with E-state index in [0.29, 0.717) is 34.9 Å². The molecule has 0 saturated carbocycles. The third kappa shape index (κ3) is 5.01. The molecule has 0 aliphatic carbocycles. The van der Waals surface area contributed by atoms with Gasteiger partial charge in [0.25, 0.3) is 5.56 Å². The van der Waals surface area contributed by atoms with Gasteiger partial charge in [0.2, 0.25) is 0 Å². The highest BCUT2D eigenvalue weighted by molar-refractivity contribution is 5.83. The Morgan fingerprint density at radius 2 is 1.55 bits per heavy atom. The monoisotopic (exact) mass is 537 g/mol. The number of fused-ring (bicyclic) bond motifs is 1. The minimum Gasteiger partial charge on any atom is -0.493 e. The van der Waals surface area contributed by atoms with E-state index in [0.717, 1.165) is 37.1 Å². The maximum absolute atomic E-state index is 13.7. The molecular formula is C30H31N7O3. The van der Waals surface area contributed by atoms with Gasteiger partial charge in [-0.15, -0.1) is 5.10 Å². The molecule has 3 aromatic carbocycles. The normalized spacial score (nSPS) is 14.8. The van der Waals surface area contributed by atoms with Crippen molar-refractivity contribution < 1.29 is 9.47 Å². The quantitative estimate of drug-likeness (QED) is 0.321. The summed E-state index contributed by atoms with van der Waals surface area (Å²) in [6.45, 7) is 3.61. The van der Waals surface area contributed by atoms with Gasteiger partial charge in [-0.25, -0.2) is 4.68 Å². The molecule has 1 unspecified atom stereocenters. The van der Waals surface area contributed by atoms with Crippen molar-refractivity contribution in [1.29, 1.82) is 0 Å². The molecule has 1 saturated heterocycles. The van der Waals surface area contributed by atoms with Crippen LogP contribution in [0.15, 0.2) is 83.7 Å². The molecule has 1 aliphatic heterocycles. The Morgan fingerprint density at radius 1 is 0.875 bits per heavy atom. The minimum absolute atomic E-state index is 0.190. The Balaban J connectivity index is 1.41. The summed E-state index contributed by atoms with van der Waals surface area (Å²) in [7, 11) is 3.18. The third-order valence-electron chi connectivity index (χ3n) is 7.45. The van der Waals surface area contributed by atoms with Gasteiger partial charge in [-0.05, 0) is 40.3 Å². The van der Waals surface area contributed by atoms with Crippen LogP contribution in [0.25, 0.3) is 10.9 Å². The largest absolute Gasteiger partial charge is 0.493 e. The maximum atomic E-state index is 13.7. The number of piperazine rings is 1. The number of aromatic nitrogens is 5. The van der Waals surface area contributed by atoms with Crippen LogP contribution >= 0.6 is 0 Å². The van der Waals surface area contributed by atoms with Crippen LogP contribution < -0.4 is 19.9 Å². The standard InChI is InChI=1S/C30H31N7O3/c1-39-26-18-22-17-24(30(38)31-25(22)19-27(26)40-2)28(29-32-33-34-37(29)20-21-9-5-3-6-10-21)36-15-13-35(14-16-36)23-11-7-4-8-12-23/h3-12,17-19,28H,13-16,20H2,1-2H3,(H,31,38). The van der Waals surface area contributed by atoms with Crippen molar-refractivity contribution >= 4 is 16.6 Å². The van der Waals surface area contributed by atoms with Crippen molar-refractivity contribution in [3.8, 4) is 11.5 Å². The lowest BCUT2D eigenvalue weighted by Crippen LogP contribution is -2.49. The highest BCUT2D eigenvalue weighted by Gasteiger charge is 2.33. The fourth-order valence-corrected chi connectivity index (χ4v) is 5.41. The number of nitrogens with one attached hydrogen (secondary N) is 1. The topological polar surface area (TPSA) is 101 Å². The molecule has 3 heterocycles. The highest BCUT2D eigenvalue weighted by atomic mass is 16.5. The molecule has 40 heavy (non-hydrogen) atoms. The molecule has 0 spiro atoms. The molecule has 1 N–H and O–H groups in total. The fraction of sp³-hybridized carbons (Fsp3) is 0.267. The number of aromatic amines is 1. The van der Waals surface area contributed by atoms with E-state index >= 15 is 0 Å². The van der Waals surface area contributed by atoms with Crippen LogP contribution in [-0.4, -0.2) is 70.5 Å². The zero-order valence-electron chi connectivity index (χ0n) is 22.5. The first-order chi connectivity index (χ1) is 19.6. The van der Waals surface area contributed by atoms with Crippen molar-refractivity contribution in [2.45, 2.75) is 12.6 Å². The van der Waals surface area contributed by atoms with E-state index in [9.17, 15) is 4.79 Å². The zero-order chi connectivity index (χ0) is 27.5. The van der Waals surface area contributed by atoms with E-state index in [-0.39, 0.29) is 5.56 Å². The van der Waals surface area contributed by atoms with Crippen LogP contribution in [0, 0.1) is 0 Å². The zero-order valence-corrected chi connectivity index (χ0v) is 22.5. The molecule has 0 amide bonds. The summed E-state index contributed by atoms with van der Waals surface area (Å²) < 4.78 is 12.8. The number of tetrazole rings is 1. The van der Waals surface area contributed by atoms with E-state index in [2.05, 4.69) is 54.6 Å². The molecule has 0 bridgehead atoms. The number of hydrogen-bond donors (Lipinski definition) is 1. The lowest BCUT2D eigenvalue weighted by Gasteiger charge is -2.39. The summed E-state index contributed by atoms with van der Waals surface area (Å²) in [5, 5.41) is 13.7. The molecule has 1 atom stereocenters. The fourth-order valence-electron chi connectivity index (χ4n) is 5.41. The van der Waals surface area contributed by atoms with Gasteiger partial charge in [0.1, 0.15) is 6.04 Å². The number of ether oxygens (including phenoxy) is 2. The number of nitrogens with zero attached hydrogens (tertiary/aromatic N) is 6. The number of methoxy groups -OCH3 is 2. The Hall–Kier alpha value is -4.70. The summed E-state index contributed by atoms with van der Waals surface area (Å²) in [6.07, 6.45) is 0. The van der Waals surface area contributed by atoms with Crippen LogP contribution in [0.4, 0.5) is 5.69 Å². The first-order valence-corrected chi connectivity index (χ1v) is 13.3. The van der Waals surface area contributed by atoms with Crippen molar-refractivity contribution in [3.63, 3.8) is 0 Å². The van der Waals surface area contributed by atoms with Gasteiger partial charge in [-0.2, -0.15) is 0 Å². The average Bonchev–Trinajstić information content (AvgIpc) is 3.45. The number of H-pyrrole nitrogens is 1. The van der Waals surface area contributed by atoms with Crippen molar-refractivity contribution in [1.82, 2.24) is 30.1 Å². The summed E-state index contributed by atoms with van der Waals surface area (Å²) in [5.74, 6) is 1.77. The highest BCUT2D eigenvalue weighted by Crippen LogP contribution is 2.34. The molecular weight excluding hydrogens is 506 g/mol. The van der Waals surface area contributed by atoms with Gasteiger partial charge in [-0.3, -0.25) is 9.69 Å². The second kappa shape index (κ2) is 11.2. The first kappa shape index (κ1) is 25.6. The molecule has 2 aromatic heterocycles. The van der Waals surface area contributed by atoms with Gasteiger partial charge in [0.05, 0.1) is 26.3 Å². The number of para-hydroxylation sites is 1. The molecule has 1 aliphatic rings. The molecule has 5 aromatic rings. The Morgan fingerprint density at radius 3 is 2.25 bits per heavy atom. The molecule has 204 valence electrons. The lowest BCUT2D eigenvalue weighted by atomic mass is 10.0. The van der Waals surface area contributed by atoms with Crippen molar-refractivity contribution in [2.75, 3.05) is 45.3 Å². The van der Waals surface area contributed by atoms with Gasteiger partial charge in [0, 0.05) is 48.9 Å². The SMILES string of the molecule is COc1cc2cc(C(c3nnnn3Cc3ccccc3)N3CCN(c4ccccc4)CC3)c(=O)[nH]c2cc1OC. The number of pyridine rings is 1. The minimum atomic E-state index is -0.446. The average molecular weight is 538 g/mol. The number of rotatable bonds is 8. The smallest absolute Gasteiger partial charge is 0.253 e. The molecule has 6 rings (SSSR count). The number of hydrogen-bond acceptors (Lipinski definition) is 8. The maximum Gasteiger partial charge on any atom is 0.253 e. The Bertz CT molecular complexity index is 1650. The van der Waals surface area contributed by atoms with Crippen LogP contribution in [0.2, 0.25) is 0 Å². The van der Waals surface area contributed by atoms with Crippen LogP contribution in [0.3, 0.4) is 0 Å². The predicted molar refractivity (Wildman–Crippen MR) is 153 cm³/mol. The van der Waals surface area contributed by atoms with Gasteiger partial charge in [-0.1, -0.05) is 48.5 Å². The van der Waals surface area contributed by atoms with Crippen LogP contribution in [-0.2, 0) is 6.54 Å². The third-order valence-corrected chi connectivity index (χ3v) is 7.45. The van der Waals surface area contributed by atoms with E-state index in [1.54, 1.807) is 25.0 Å². The molecule has 1 fully saturated rings. The van der Waals surface area contributed by atoms with Crippen molar-refractivity contribution in [3.05, 3.63) is 106 Å². The predicted octanol–water partition coefficient (Wildman–Crippen LogP) is 3.49. The van der Waals surface area contributed by atoms with Gasteiger partial charge in [0.15, 0.2) is 17.3 Å². The van der Waals surface area contributed by atoms with E-state index in [4.69, 9.17) is 9.47 Å². The molecule has 10 heteroatoms. The Kier molecular flexibility index (Phi) is 7.15.